The molecule has 0 radical (unpaired) electrons. The van der Waals surface area contributed by atoms with Gasteiger partial charge in [0.2, 0.25) is 0 Å². The third kappa shape index (κ3) is 4.40. The van der Waals surface area contributed by atoms with Gasteiger partial charge in [0.25, 0.3) is 0 Å². The van der Waals surface area contributed by atoms with Crippen molar-refractivity contribution in [2.45, 2.75) is 19.5 Å². The summed E-state index contributed by atoms with van der Waals surface area (Å²) in [6.45, 7) is 1.76. The first-order chi connectivity index (χ1) is 14.6. The monoisotopic (exact) mass is 418 g/mol. The van der Waals surface area contributed by atoms with Gasteiger partial charge in [-0.05, 0) is 42.3 Å². The van der Waals surface area contributed by atoms with Crippen LogP contribution in [-0.4, -0.2) is 22.2 Å². The second kappa shape index (κ2) is 9.16. The molecule has 2 N–H and O–H groups in total. The summed E-state index contributed by atoms with van der Waals surface area (Å²) >= 11 is 6.00. The highest BCUT2D eigenvalue weighted by Gasteiger charge is 2.22. The Morgan fingerprint density at radius 1 is 0.900 bits per heavy atom. The molecule has 0 saturated heterocycles. The van der Waals surface area contributed by atoms with E-state index in [4.69, 9.17) is 11.6 Å². The molecule has 4 aromatic rings. The summed E-state index contributed by atoms with van der Waals surface area (Å²) in [5.74, 6) is -0.917. The molecule has 152 valence electrons. The first-order valence-electron chi connectivity index (χ1n) is 9.96. The number of nitrogens with one attached hydrogen (secondary N) is 1. The average Bonchev–Trinajstić information content (AvgIpc) is 3.07. The molecule has 4 nitrogen and oxygen atoms in total. The van der Waals surface area contributed by atoms with Crippen molar-refractivity contribution in [2.24, 2.45) is 0 Å². The molecule has 0 atom stereocenters. The molecule has 0 spiro atoms. The molecule has 4 rings (SSSR count). The van der Waals surface area contributed by atoms with Gasteiger partial charge in [-0.3, -0.25) is 0 Å². The zero-order valence-electron chi connectivity index (χ0n) is 16.5. The number of para-hydroxylation sites is 1. The van der Waals surface area contributed by atoms with E-state index < -0.39 is 5.97 Å². The van der Waals surface area contributed by atoms with Gasteiger partial charge in [0.05, 0.1) is 0 Å². The van der Waals surface area contributed by atoms with Crippen LogP contribution in [0.4, 0.5) is 0 Å². The molecule has 0 unspecified atom stereocenters. The molecule has 0 aliphatic carbocycles. The highest BCUT2D eigenvalue weighted by atomic mass is 35.5. The van der Waals surface area contributed by atoms with Gasteiger partial charge in [0.1, 0.15) is 5.69 Å². The Bertz CT molecular complexity index is 1150. The number of halogens is 1. The fraction of sp³-hybridized carbons (Fsp3) is 0.160. The highest BCUT2D eigenvalue weighted by Crippen LogP contribution is 2.28. The molecule has 0 fully saturated rings. The second-order valence-electron chi connectivity index (χ2n) is 7.27. The van der Waals surface area contributed by atoms with Gasteiger partial charge in [-0.25, -0.2) is 4.79 Å². The molecule has 1 aromatic heterocycles. The Morgan fingerprint density at radius 2 is 1.60 bits per heavy atom. The number of carboxylic acids is 1. The van der Waals surface area contributed by atoms with Gasteiger partial charge in [-0.1, -0.05) is 72.3 Å². The minimum absolute atomic E-state index is 0.332. The Morgan fingerprint density at radius 3 is 2.33 bits per heavy atom. The topological polar surface area (TPSA) is 54.3 Å². The lowest BCUT2D eigenvalue weighted by atomic mass is 10.1. The number of fused-ring (bicyclic) bond motifs is 1. The number of hydrogen-bond acceptors (Lipinski definition) is 2. The summed E-state index contributed by atoms with van der Waals surface area (Å²) in [5.41, 5.74) is 4.34. The summed E-state index contributed by atoms with van der Waals surface area (Å²) in [5, 5.41) is 15.1. The van der Waals surface area contributed by atoms with Crippen molar-refractivity contribution in [3.05, 3.63) is 106 Å². The maximum atomic E-state index is 12.2. The number of carboxylic acid groups (broad SMARTS) is 1. The molecule has 3 aromatic carbocycles. The smallest absolute Gasteiger partial charge is 0.352 e. The van der Waals surface area contributed by atoms with E-state index in [0.29, 0.717) is 23.8 Å². The van der Waals surface area contributed by atoms with Crippen LogP contribution in [0.5, 0.6) is 0 Å². The van der Waals surface area contributed by atoms with Crippen molar-refractivity contribution in [1.82, 2.24) is 9.88 Å². The summed E-state index contributed by atoms with van der Waals surface area (Å²) < 4.78 is 1.88. The fourth-order valence-electron chi connectivity index (χ4n) is 3.83. The predicted molar refractivity (Wildman–Crippen MR) is 121 cm³/mol. The maximum Gasteiger partial charge on any atom is 0.352 e. The highest BCUT2D eigenvalue weighted by molar-refractivity contribution is 6.30. The minimum Gasteiger partial charge on any atom is -0.477 e. The van der Waals surface area contributed by atoms with Gasteiger partial charge in [0.15, 0.2) is 0 Å². The van der Waals surface area contributed by atoms with Crippen LogP contribution in [-0.2, 0) is 19.5 Å². The van der Waals surface area contributed by atoms with Crippen molar-refractivity contribution in [3.8, 4) is 0 Å². The Hall–Kier alpha value is -3.08. The molecule has 30 heavy (non-hydrogen) atoms. The number of aromatic carboxylic acids is 1. The molecular formula is C25H23ClN2O2. The molecule has 5 heteroatoms. The van der Waals surface area contributed by atoms with Crippen molar-refractivity contribution < 1.29 is 9.90 Å². The zero-order valence-corrected chi connectivity index (χ0v) is 17.3. The number of rotatable bonds is 8. The van der Waals surface area contributed by atoms with Gasteiger partial charge in [-0.2, -0.15) is 0 Å². The van der Waals surface area contributed by atoms with Gasteiger partial charge in [-0.15, -0.1) is 0 Å². The van der Waals surface area contributed by atoms with Crippen molar-refractivity contribution in [1.29, 1.82) is 0 Å². The van der Waals surface area contributed by atoms with E-state index in [9.17, 15) is 9.90 Å². The van der Waals surface area contributed by atoms with E-state index in [1.165, 1.54) is 5.56 Å². The normalized spacial score (nSPS) is 11.1. The molecule has 0 bridgehead atoms. The van der Waals surface area contributed by atoms with Gasteiger partial charge in [0, 0.05) is 34.6 Å². The van der Waals surface area contributed by atoms with Crippen LogP contribution in [0, 0.1) is 0 Å². The van der Waals surface area contributed by atoms with Crippen molar-refractivity contribution in [3.63, 3.8) is 0 Å². The van der Waals surface area contributed by atoms with E-state index in [-0.39, 0.29) is 0 Å². The molecule has 0 amide bonds. The molecule has 1 heterocycles. The number of nitrogens with zero attached hydrogens (tertiary/aromatic N) is 1. The van der Waals surface area contributed by atoms with Crippen molar-refractivity contribution in [2.75, 3.05) is 6.54 Å². The summed E-state index contributed by atoms with van der Waals surface area (Å²) in [6.07, 6.45) is 0.895. The first kappa shape index (κ1) is 20.2. The summed E-state index contributed by atoms with van der Waals surface area (Å²) in [6, 6.07) is 25.7. The Labute approximate surface area is 180 Å². The maximum absolute atomic E-state index is 12.2. The zero-order chi connectivity index (χ0) is 20.9. The Kier molecular flexibility index (Phi) is 6.17. The number of hydrogen-bond donors (Lipinski definition) is 2. The second-order valence-corrected chi connectivity index (χ2v) is 7.71. The Balaban J connectivity index is 1.62. The van der Waals surface area contributed by atoms with Crippen LogP contribution in [0.1, 0.15) is 27.2 Å². The predicted octanol–water partition coefficient (Wildman–Crippen LogP) is 5.37. The summed E-state index contributed by atoms with van der Waals surface area (Å²) in [4.78, 5) is 12.2. The van der Waals surface area contributed by atoms with Crippen LogP contribution >= 0.6 is 11.6 Å². The number of carbonyl (C=O) groups is 1. The lowest BCUT2D eigenvalue weighted by molar-refractivity contribution is 0.0685. The van der Waals surface area contributed by atoms with E-state index in [0.717, 1.165) is 35.0 Å². The average molecular weight is 419 g/mol. The lowest BCUT2D eigenvalue weighted by Gasteiger charge is -2.10. The van der Waals surface area contributed by atoms with E-state index in [1.54, 1.807) is 0 Å². The largest absolute Gasteiger partial charge is 0.477 e. The van der Waals surface area contributed by atoms with Crippen LogP contribution in [0.3, 0.4) is 0 Å². The van der Waals surface area contributed by atoms with E-state index >= 15 is 0 Å². The first-order valence-corrected chi connectivity index (χ1v) is 10.3. The van der Waals surface area contributed by atoms with Crippen LogP contribution in [0.25, 0.3) is 10.9 Å². The number of benzene rings is 3. The minimum atomic E-state index is -0.917. The molecular weight excluding hydrogens is 396 g/mol. The fourth-order valence-corrected chi connectivity index (χ4v) is 3.95. The number of aromatic nitrogens is 1. The third-order valence-corrected chi connectivity index (χ3v) is 5.52. The summed E-state index contributed by atoms with van der Waals surface area (Å²) in [7, 11) is 0. The van der Waals surface area contributed by atoms with Gasteiger partial charge >= 0.3 is 5.97 Å². The van der Waals surface area contributed by atoms with E-state index in [1.807, 2.05) is 71.3 Å². The lowest BCUT2D eigenvalue weighted by Crippen LogP contribution is -2.19. The quantitative estimate of drug-likeness (QED) is 0.378. The third-order valence-electron chi connectivity index (χ3n) is 5.27. The van der Waals surface area contributed by atoms with Crippen LogP contribution in [0.2, 0.25) is 5.02 Å². The SMILES string of the molecule is O=C(O)c1c(CNCCc2ccccc2)c2ccccc2n1Cc1ccc(Cl)cc1. The molecule has 0 aliphatic rings. The molecule has 0 saturated carbocycles. The van der Waals surface area contributed by atoms with Crippen LogP contribution in [0.15, 0.2) is 78.9 Å². The molecule has 0 aliphatic heterocycles. The van der Waals surface area contributed by atoms with Crippen molar-refractivity contribution >= 4 is 28.5 Å². The van der Waals surface area contributed by atoms with Gasteiger partial charge < -0.3 is 15.0 Å². The van der Waals surface area contributed by atoms with E-state index in [2.05, 4.69) is 17.4 Å². The van der Waals surface area contributed by atoms with Crippen LogP contribution < -0.4 is 5.32 Å². The standard InChI is InChI=1S/C25H23ClN2O2/c26-20-12-10-19(11-13-20)17-28-23-9-5-4-8-21(23)22(24(28)25(29)30)16-27-15-14-18-6-2-1-3-7-18/h1-13,27H,14-17H2,(H,29,30).